The van der Waals surface area contributed by atoms with Gasteiger partial charge in [0.15, 0.2) is 5.76 Å². The minimum Gasteiger partial charge on any atom is -0.497 e. The van der Waals surface area contributed by atoms with Gasteiger partial charge in [0.2, 0.25) is 0 Å². The van der Waals surface area contributed by atoms with Crippen LogP contribution in [0.5, 0.6) is 5.75 Å². The second-order valence-corrected chi connectivity index (χ2v) is 5.95. The van der Waals surface area contributed by atoms with Gasteiger partial charge in [-0.25, -0.2) is 4.79 Å². The van der Waals surface area contributed by atoms with Gasteiger partial charge in [0.25, 0.3) is 0 Å². The molecule has 0 saturated carbocycles. The average molecular weight is 407 g/mol. The highest BCUT2D eigenvalue weighted by atomic mass is 127. The molecule has 0 radical (unpaired) electrons. The number of amides is 1. The molecule has 1 amide bonds. The van der Waals surface area contributed by atoms with Gasteiger partial charge in [-0.3, -0.25) is 0 Å². The summed E-state index contributed by atoms with van der Waals surface area (Å²) >= 11 is 2.22. The van der Waals surface area contributed by atoms with E-state index in [1.165, 1.54) is 0 Å². The van der Waals surface area contributed by atoms with E-state index in [1.54, 1.807) is 7.11 Å². The Labute approximate surface area is 142 Å². The van der Waals surface area contributed by atoms with E-state index in [9.17, 15) is 4.79 Å². The van der Waals surface area contributed by atoms with Gasteiger partial charge in [0, 0.05) is 5.56 Å². The normalized spacial score (nSPS) is 17.7. The van der Waals surface area contributed by atoms with Crippen molar-refractivity contribution in [1.29, 1.82) is 0 Å². The van der Waals surface area contributed by atoms with Crippen molar-refractivity contribution in [2.24, 2.45) is 0 Å². The summed E-state index contributed by atoms with van der Waals surface area (Å²) in [5.74, 6) is 1.35. The number of carbonyl (C=O) groups is 1. The van der Waals surface area contributed by atoms with Gasteiger partial charge < -0.3 is 14.8 Å². The third-order valence-electron chi connectivity index (χ3n) is 3.41. The summed E-state index contributed by atoms with van der Waals surface area (Å²) in [5, 5.41) is 2.85. The molecule has 2 aromatic rings. The Morgan fingerprint density at radius 3 is 2.41 bits per heavy atom. The topological polar surface area (TPSA) is 47.6 Å². The number of methoxy groups -OCH3 is 1. The van der Waals surface area contributed by atoms with Gasteiger partial charge in [-0.2, -0.15) is 0 Å². The Balaban J connectivity index is 2.02. The monoisotopic (exact) mass is 407 g/mol. The first-order valence-corrected chi connectivity index (χ1v) is 7.84. The van der Waals surface area contributed by atoms with Gasteiger partial charge in [-0.1, -0.05) is 30.3 Å². The summed E-state index contributed by atoms with van der Waals surface area (Å²) in [5.41, 5.74) is 1.87. The predicted octanol–water partition coefficient (Wildman–Crippen LogP) is 4.28. The van der Waals surface area contributed by atoms with E-state index in [-0.39, 0.29) is 6.04 Å². The first-order chi connectivity index (χ1) is 10.7. The maximum atomic E-state index is 11.9. The smallest absolute Gasteiger partial charge is 0.413 e. The van der Waals surface area contributed by atoms with Crippen LogP contribution in [-0.4, -0.2) is 13.2 Å². The lowest BCUT2D eigenvalue weighted by atomic mass is 10.0. The van der Waals surface area contributed by atoms with Crippen molar-refractivity contribution in [2.45, 2.75) is 6.04 Å². The van der Waals surface area contributed by atoms with Crippen molar-refractivity contribution < 1.29 is 14.3 Å². The van der Waals surface area contributed by atoms with Crippen LogP contribution in [0.1, 0.15) is 17.2 Å². The zero-order valence-electron chi connectivity index (χ0n) is 11.9. The number of benzene rings is 2. The number of carbonyl (C=O) groups excluding carboxylic acids is 1. The predicted molar refractivity (Wildman–Crippen MR) is 92.7 cm³/mol. The van der Waals surface area contributed by atoms with E-state index in [4.69, 9.17) is 9.47 Å². The van der Waals surface area contributed by atoms with Crippen LogP contribution in [0.25, 0.3) is 5.76 Å². The third kappa shape index (κ3) is 2.94. The third-order valence-corrected chi connectivity index (χ3v) is 4.53. The van der Waals surface area contributed by atoms with E-state index in [2.05, 4.69) is 27.9 Å². The van der Waals surface area contributed by atoms with Crippen molar-refractivity contribution in [3.63, 3.8) is 0 Å². The van der Waals surface area contributed by atoms with Crippen molar-refractivity contribution in [3.05, 3.63) is 69.3 Å². The van der Waals surface area contributed by atoms with E-state index < -0.39 is 6.09 Å². The fraction of sp³-hybridized carbons (Fsp3) is 0.118. The molecule has 0 aliphatic carbocycles. The standard InChI is InChI=1S/C17H14INO3/c1-21-13-9-7-12(8-10-13)16-14(18)15(19-17(20)22-16)11-5-3-2-4-6-11/h2-10,15H,1H3,(H,19,20)/t15-/m0/s1. The molecule has 1 atom stereocenters. The van der Waals surface area contributed by atoms with Gasteiger partial charge in [0.05, 0.1) is 16.7 Å². The van der Waals surface area contributed by atoms with Gasteiger partial charge >= 0.3 is 6.09 Å². The molecule has 1 aliphatic heterocycles. The number of cyclic esters (lactones) is 1. The lowest BCUT2D eigenvalue weighted by Crippen LogP contribution is -2.33. The quantitative estimate of drug-likeness (QED) is 0.773. The highest BCUT2D eigenvalue weighted by Crippen LogP contribution is 2.37. The second kappa shape index (κ2) is 6.39. The molecule has 1 N–H and O–H groups in total. The fourth-order valence-electron chi connectivity index (χ4n) is 2.30. The fourth-order valence-corrected chi connectivity index (χ4v) is 3.23. The molecule has 22 heavy (non-hydrogen) atoms. The van der Waals surface area contributed by atoms with Crippen LogP contribution >= 0.6 is 22.6 Å². The van der Waals surface area contributed by atoms with Crippen molar-refractivity contribution in [2.75, 3.05) is 7.11 Å². The van der Waals surface area contributed by atoms with Crippen molar-refractivity contribution >= 4 is 34.4 Å². The van der Waals surface area contributed by atoms with Gasteiger partial charge in [0.1, 0.15) is 5.75 Å². The number of nitrogens with one attached hydrogen (secondary N) is 1. The molecule has 4 nitrogen and oxygen atoms in total. The molecule has 5 heteroatoms. The molecule has 0 fully saturated rings. The summed E-state index contributed by atoms with van der Waals surface area (Å²) in [6.45, 7) is 0. The maximum Gasteiger partial charge on any atom is 0.413 e. The molecule has 0 bridgehead atoms. The Kier molecular flexibility index (Phi) is 4.33. The summed E-state index contributed by atoms with van der Waals surface area (Å²) in [7, 11) is 1.62. The number of hydrogen-bond acceptors (Lipinski definition) is 3. The van der Waals surface area contributed by atoms with Crippen LogP contribution in [0.4, 0.5) is 4.79 Å². The Morgan fingerprint density at radius 1 is 1.09 bits per heavy atom. The summed E-state index contributed by atoms with van der Waals surface area (Å²) in [6.07, 6.45) is -0.444. The van der Waals surface area contributed by atoms with E-state index in [1.807, 2.05) is 54.6 Å². The second-order valence-electron chi connectivity index (χ2n) is 4.78. The van der Waals surface area contributed by atoms with Crippen LogP contribution in [0, 0.1) is 0 Å². The van der Waals surface area contributed by atoms with Crippen LogP contribution in [0.15, 0.2) is 58.2 Å². The van der Waals surface area contributed by atoms with Gasteiger partial charge in [-0.15, -0.1) is 0 Å². The largest absolute Gasteiger partial charge is 0.497 e. The number of rotatable bonds is 3. The van der Waals surface area contributed by atoms with Crippen LogP contribution in [-0.2, 0) is 4.74 Å². The Morgan fingerprint density at radius 2 is 1.77 bits per heavy atom. The number of hydrogen-bond donors (Lipinski definition) is 1. The molecular formula is C17H14INO3. The number of ether oxygens (including phenoxy) is 2. The lowest BCUT2D eigenvalue weighted by molar-refractivity contribution is 0.184. The maximum absolute atomic E-state index is 11.9. The minimum absolute atomic E-state index is 0.194. The molecule has 112 valence electrons. The SMILES string of the molecule is COc1ccc(C2=C(I)[C@H](c3ccccc3)NC(=O)O2)cc1. The molecule has 1 heterocycles. The Hall–Kier alpha value is -2.02. The van der Waals surface area contributed by atoms with E-state index in [0.717, 1.165) is 20.5 Å². The summed E-state index contributed by atoms with van der Waals surface area (Å²) < 4.78 is 11.5. The zero-order valence-corrected chi connectivity index (χ0v) is 14.0. The molecule has 2 aromatic carbocycles. The highest BCUT2D eigenvalue weighted by Gasteiger charge is 2.29. The molecule has 0 saturated heterocycles. The Bertz CT molecular complexity index is 710. The molecule has 3 rings (SSSR count). The molecular weight excluding hydrogens is 393 g/mol. The highest BCUT2D eigenvalue weighted by molar-refractivity contribution is 14.1. The van der Waals surface area contributed by atoms with E-state index >= 15 is 0 Å². The van der Waals surface area contributed by atoms with E-state index in [0.29, 0.717) is 5.76 Å². The van der Waals surface area contributed by atoms with Gasteiger partial charge in [-0.05, 0) is 52.4 Å². The van der Waals surface area contributed by atoms with Crippen molar-refractivity contribution in [3.8, 4) is 5.75 Å². The first-order valence-electron chi connectivity index (χ1n) is 6.76. The van der Waals surface area contributed by atoms with Crippen molar-refractivity contribution in [1.82, 2.24) is 5.32 Å². The van der Waals surface area contributed by atoms with Crippen LogP contribution in [0.2, 0.25) is 0 Å². The first kappa shape index (κ1) is 14.9. The number of halogens is 1. The minimum atomic E-state index is -0.444. The molecule has 1 aliphatic rings. The van der Waals surface area contributed by atoms with Crippen LogP contribution < -0.4 is 10.1 Å². The lowest BCUT2D eigenvalue weighted by Gasteiger charge is -2.26. The van der Waals surface area contributed by atoms with Crippen LogP contribution in [0.3, 0.4) is 0 Å². The zero-order chi connectivity index (χ0) is 15.5. The average Bonchev–Trinajstić information content (AvgIpc) is 2.57. The summed E-state index contributed by atoms with van der Waals surface area (Å²) in [6, 6.07) is 17.1. The molecule has 0 unspecified atom stereocenters. The number of alkyl carbamates (subject to hydrolysis) is 1. The molecule has 0 aromatic heterocycles. The summed E-state index contributed by atoms with van der Waals surface area (Å²) in [4.78, 5) is 11.9. The molecule has 0 spiro atoms.